The first kappa shape index (κ1) is 15.4. The smallest absolute Gasteiger partial charge is 0.318 e. The summed E-state index contributed by atoms with van der Waals surface area (Å²) >= 11 is 0. The first-order chi connectivity index (χ1) is 12.3. The van der Waals surface area contributed by atoms with Crippen LogP contribution in [-0.2, 0) is 6.54 Å². The van der Waals surface area contributed by atoms with Crippen LogP contribution in [0, 0.1) is 0 Å². The van der Waals surface area contributed by atoms with E-state index >= 15 is 0 Å². The number of carbonyl (C=O) groups is 1. The summed E-state index contributed by atoms with van der Waals surface area (Å²) in [5.74, 6) is 0.732. The first-order valence-corrected chi connectivity index (χ1v) is 8.36. The van der Waals surface area contributed by atoms with Gasteiger partial charge in [0.2, 0.25) is 0 Å². The molecule has 0 bridgehead atoms. The van der Waals surface area contributed by atoms with Gasteiger partial charge in [0.15, 0.2) is 5.82 Å². The molecule has 25 heavy (non-hydrogen) atoms. The van der Waals surface area contributed by atoms with Crippen LogP contribution in [0.4, 0.5) is 4.79 Å². The summed E-state index contributed by atoms with van der Waals surface area (Å²) in [5, 5.41) is 7.23. The van der Waals surface area contributed by atoms with Gasteiger partial charge in [0.05, 0.1) is 6.04 Å². The maximum Gasteiger partial charge on any atom is 0.318 e. The van der Waals surface area contributed by atoms with E-state index in [0.717, 1.165) is 24.3 Å². The highest BCUT2D eigenvalue weighted by atomic mass is 16.2. The fourth-order valence-corrected chi connectivity index (χ4v) is 3.09. The van der Waals surface area contributed by atoms with Gasteiger partial charge in [-0.1, -0.05) is 36.4 Å². The molecular formula is C19H19N5O. The van der Waals surface area contributed by atoms with E-state index in [1.807, 2.05) is 47.5 Å². The van der Waals surface area contributed by atoms with E-state index < -0.39 is 0 Å². The molecule has 1 fully saturated rings. The highest BCUT2D eigenvalue weighted by molar-refractivity contribution is 5.75. The molecule has 0 saturated carbocycles. The third-order valence-corrected chi connectivity index (χ3v) is 4.48. The SMILES string of the molecule is O=C(NCc1cccnc1-n1cccn1)N1CC[C@H]1c1ccccc1. The lowest BCUT2D eigenvalue weighted by Gasteiger charge is -2.41. The number of pyridine rings is 1. The average molecular weight is 333 g/mol. The third kappa shape index (κ3) is 3.10. The van der Waals surface area contributed by atoms with Crippen LogP contribution in [0.5, 0.6) is 0 Å². The molecule has 2 amide bonds. The topological polar surface area (TPSA) is 63.1 Å². The fourth-order valence-electron chi connectivity index (χ4n) is 3.09. The quantitative estimate of drug-likeness (QED) is 0.798. The number of urea groups is 1. The van der Waals surface area contributed by atoms with Gasteiger partial charge in [-0.3, -0.25) is 0 Å². The second-order valence-corrected chi connectivity index (χ2v) is 6.00. The fraction of sp³-hybridized carbons (Fsp3) is 0.211. The van der Waals surface area contributed by atoms with E-state index in [1.54, 1.807) is 17.1 Å². The van der Waals surface area contributed by atoms with E-state index in [0.29, 0.717) is 6.54 Å². The van der Waals surface area contributed by atoms with Gasteiger partial charge in [0.25, 0.3) is 0 Å². The normalized spacial score (nSPS) is 16.3. The van der Waals surface area contributed by atoms with Crippen LogP contribution in [0.15, 0.2) is 67.1 Å². The van der Waals surface area contributed by atoms with Crippen molar-refractivity contribution in [2.24, 2.45) is 0 Å². The number of rotatable bonds is 4. The number of aromatic nitrogens is 3. The minimum Gasteiger partial charge on any atom is -0.334 e. The van der Waals surface area contributed by atoms with Crippen molar-refractivity contribution in [2.45, 2.75) is 19.0 Å². The minimum absolute atomic E-state index is 0.0460. The van der Waals surface area contributed by atoms with Crippen molar-refractivity contribution in [3.05, 3.63) is 78.2 Å². The van der Waals surface area contributed by atoms with E-state index in [4.69, 9.17) is 0 Å². The molecule has 1 aromatic carbocycles. The number of hydrogen-bond acceptors (Lipinski definition) is 3. The van der Waals surface area contributed by atoms with Gasteiger partial charge >= 0.3 is 6.03 Å². The number of nitrogens with one attached hydrogen (secondary N) is 1. The summed E-state index contributed by atoms with van der Waals surface area (Å²) in [5.41, 5.74) is 2.11. The Morgan fingerprint density at radius 3 is 2.72 bits per heavy atom. The molecule has 3 heterocycles. The van der Waals surface area contributed by atoms with Crippen molar-refractivity contribution in [1.82, 2.24) is 25.0 Å². The summed E-state index contributed by atoms with van der Waals surface area (Å²) in [6.45, 7) is 1.20. The Balaban J connectivity index is 1.43. The molecule has 3 aromatic rings. The van der Waals surface area contributed by atoms with E-state index in [2.05, 4.69) is 27.5 Å². The molecule has 6 nitrogen and oxygen atoms in total. The van der Waals surface area contributed by atoms with Gasteiger partial charge in [-0.2, -0.15) is 5.10 Å². The highest BCUT2D eigenvalue weighted by Crippen LogP contribution is 2.32. The Morgan fingerprint density at radius 2 is 2.00 bits per heavy atom. The first-order valence-electron chi connectivity index (χ1n) is 8.36. The van der Waals surface area contributed by atoms with Gasteiger partial charge < -0.3 is 10.2 Å². The molecule has 1 saturated heterocycles. The second kappa shape index (κ2) is 6.76. The summed E-state index contributed by atoms with van der Waals surface area (Å²) in [7, 11) is 0. The summed E-state index contributed by atoms with van der Waals surface area (Å²) in [6.07, 6.45) is 6.28. The van der Waals surface area contributed by atoms with Crippen LogP contribution < -0.4 is 5.32 Å². The maximum atomic E-state index is 12.6. The summed E-state index contributed by atoms with van der Waals surface area (Å²) < 4.78 is 1.71. The Labute approximate surface area is 146 Å². The Bertz CT molecular complexity index is 847. The Morgan fingerprint density at radius 1 is 1.12 bits per heavy atom. The number of nitrogens with zero attached hydrogens (tertiary/aromatic N) is 4. The Kier molecular flexibility index (Phi) is 4.16. The van der Waals surface area contributed by atoms with Crippen LogP contribution in [0.3, 0.4) is 0 Å². The molecule has 0 spiro atoms. The van der Waals surface area contributed by atoms with E-state index in [9.17, 15) is 4.79 Å². The van der Waals surface area contributed by atoms with Gasteiger partial charge in [0.1, 0.15) is 0 Å². The molecule has 2 aromatic heterocycles. The average Bonchev–Trinajstić information content (AvgIpc) is 3.15. The highest BCUT2D eigenvalue weighted by Gasteiger charge is 2.33. The lowest BCUT2D eigenvalue weighted by Crippen LogP contribution is -2.49. The second-order valence-electron chi connectivity index (χ2n) is 6.00. The molecule has 1 atom stereocenters. The van der Waals surface area contributed by atoms with Crippen molar-refractivity contribution >= 4 is 6.03 Å². The standard InChI is InChI=1S/C19H19N5O/c25-19(23-13-9-17(23)15-6-2-1-3-7-15)21-14-16-8-4-10-20-18(16)24-12-5-11-22-24/h1-8,10-12,17H,9,13-14H2,(H,21,25)/t17-/m0/s1. The number of hydrogen-bond donors (Lipinski definition) is 1. The molecule has 1 N–H and O–H groups in total. The largest absolute Gasteiger partial charge is 0.334 e. The number of benzene rings is 1. The van der Waals surface area contributed by atoms with Crippen molar-refractivity contribution < 1.29 is 4.79 Å². The lowest BCUT2D eigenvalue weighted by molar-refractivity contribution is 0.115. The van der Waals surface area contributed by atoms with Crippen molar-refractivity contribution in [1.29, 1.82) is 0 Å². The maximum absolute atomic E-state index is 12.6. The van der Waals surface area contributed by atoms with Gasteiger partial charge in [-0.15, -0.1) is 0 Å². The van der Waals surface area contributed by atoms with Crippen LogP contribution in [0.1, 0.15) is 23.6 Å². The third-order valence-electron chi connectivity index (χ3n) is 4.48. The molecule has 1 aliphatic heterocycles. The zero-order chi connectivity index (χ0) is 17.1. The molecule has 0 unspecified atom stereocenters. The number of carbonyl (C=O) groups excluding carboxylic acids is 1. The molecule has 0 radical (unpaired) electrons. The van der Waals surface area contributed by atoms with Gasteiger partial charge in [-0.05, 0) is 24.1 Å². The van der Waals surface area contributed by atoms with Crippen molar-refractivity contribution in [2.75, 3.05) is 6.54 Å². The van der Waals surface area contributed by atoms with Gasteiger partial charge in [-0.25, -0.2) is 14.5 Å². The molecular weight excluding hydrogens is 314 g/mol. The minimum atomic E-state index is -0.0460. The molecule has 6 heteroatoms. The number of amides is 2. The zero-order valence-electron chi connectivity index (χ0n) is 13.7. The zero-order valence-corrected chi connectivity index (χ0v) is 13.7. The van der Waals surface area contributed by atoms with Crippen LogP contribution in [0.2, 0.25) is 0 Å². The van der Waals surface area contributed by atoms with Crippen molar-refractivity contribution in [3.8, 4) is 5.82 Å². The summed E-state index contributed by atoms with van der Waals surface area (Å²) in [4.78, 5) is 18.8. The monoisotopic (exact) mass is 333 g/mol. The van der Waals surface area contributed by atoms with E-state index in [-0.39, 0.29) is 12.1 Å². The van der Waals surface area contributed by atoms with Crippen LogP contribution in [-0.4, -0.2) is 32.2 Å². The predicted octanol–water partition coefficient (Wildman–Crippen LogP) is 2.92. The molecule has 1 aliphatic rings. The molecule has 4 rings (SSSR count). The summed E-state index contributed by atoms with van der Waals surface area (Å²) in [6, 6.07) is 15.9. The Hall–Kier alpha value is -3.15. The van der Waals surface area contributed by atoms with E-state index in [1.165, 1.54) is 5.56 Å². The number of likely N-dealkylation sites (tertiary alicyclic amines) is 1. The molecule has 126 valence electrons. The lowest BCUT2D eigenvalue weighted by atomic mass is 9.95. The van der Waals surface area contributed by atoms with Crippen LogP contribution in [0.25, 0.3) is 5.82 Å². The van der Waals surface area contributed by atoms with Crippen LogP contribution >= 0.6 is 0 Å². The predicted molar refractivity (Wildman–Crippen MR) is 94.1 cm³/mol. The van der Waals surface area contributed by atoms with Crippen molar-refractivity contribution in [3.63, 3.8) is 0 Å². The molecule has 0 aliphatic carbocycles. The van der Waals surface area contributed by atoms with Gasteiger partial charge in [0, 0.05) is 37.2 Å².